The van der Waals surface area contributed by atoms with Crippen LogP contribution in [0.25, 0.3) is 0 Å². The second-order valence-corrected chi connectivity index (χ2v) is 11.2. The number of nitrogen functional groups attached to an aromatic ring is 1. The Morgan fingerprint density at radius 1 is 0.786 bits per heavy atom. The van der Waals surface area contributed by atoms with Crippen LogP contribution >= 0.6 is 0 Å². The van der Waals surface area contributed by atoms with Gasteiger partial charge < -0.3 is 25.3 Å². The number of rotatable bonds is 14. The Morgan fingerprint density at radius 2 is 1.38 bits per heavy atom. The lowest BCUT2D eigenvalue weighted by Crippen LogP contribution is -2.45. The highest BCUT2D eigenvalue weighted by Gasteiger charge is 2.27. The van der Waals surface area contributed by atoms with E-state index in [-0.39, 0.29) is 6.42 Å². The van der Waals surface area contributed by atoms with E-state index in [0.717, 1.165) is 24.2 Å². The second-order valence-electron chi connectivity index (χ2n) is 11.2. The lowest BCUT2D eigenvalue weighted by Gasteiger charge is -2.25. The Bertz CT molecular complexity index is 1300. The minimum Gasteiger partial charge on any atom is -0.494 e. The first-order chi connectivity index (χ1) is 20.0. The first-order valence-electron chi connectivity index (χ1n) is 14.5. The van der Waals surface area contributed by atoms with Crippen LogP contribution in [0, 0.1) is 0 Å². The van der Waals surface area contributed by atoms with Crippen molar-refractivity contribution >= 4 is 23.5 Å². The van der Waals surface area contributed by atoms with E-state index < -0.39 is 29.5 Å². The molecule has 224 valence electrons. The van der Waals surface area contributed by atoms with Gasteiger partial charge in [-0.25, -0.2) is 9.59 Å². The summed E-state index contributed by atoms with van der Waals surface area (Å²) in [4.78, 5) is 38.5. The number of hydrogen-bond donors (Lipinski definition) is 2. The van der Waals surface area contributed by atoms with Crippen LogP contribution < -0.4 is 20.5 Å². The van der Waals surface area contributed by atoms with Gasteiger partial charge in [-0.15, -0.1) is 0 Å². The Labute approximate surface area is 248 Å². The van der Waals surface area contributed by atoms with Crippen molar-refractivity contribution in [2.24, 2.45) is 0 Å². The average molecular weight is 575 g/mol. The van der Waals surface area contributed by atoms with E-state index >= 15 is 0 Å². The molecule has 42 heavy (non-hydrogen) atoms. The number of nitrogens with one attached hydrogen (secondary N) is 1. The SMILES string of the molecule is CCCCCCCOc1ccc(C(=O)Oc2ccc(CC(NC(=O)c3ccc(N)cc3)C(=O)OC(C)(C)C)cc2)cc1. The van der Waals surface area contributed by atoms with Gasteiger partial charge in [-0.2, -0.15) is 0 Å². The van der Waals surface area contributed by atoms with Crippen LogP contribution in [-0.2, 0) is 16.0 Å². The molecule has 1 unspecified atom stereocenters. The third-order valence-electron chi connectivity index (χ3n) is 6.35. The molecular weight excluding hydrogens is 532 g/mol. The molecule has 1 amide bonds. The standard InChI is InChI=1S/C34H42N2O6/c1-5-6-7-8-9-22-40-28-20-14-26(15-21-28)32(38)41-29-18-10-24(11-19-29)23-30(33(39)42-34(2,3)4)36-31(37)25-12-16-27(35)17-13-25/h10-21,30H,5-9,22-23,35H2,1-4H3,(H,36,37). The topological polar surface area (TPSA) is 117 Å². The molecule has 3 N–H and O–H groups in total. The van der Waals surface area contributed by atoms with Crippen molar-refractivity contribution in [3.05, 3.63) is 89.5 Å². The molecule has 3 aromatic carbocycles. The number of benzene rings is 3. The van der Waals surface area contributed by atoms with Gasteiger partial charge in [0, 0.05) is 17.7 Å². The smallest absolute Gasteiger partial charge is 0.343 e. The molecule has 0 heterocycles. The molecule has 0 aliphatic carbocycles. The van der Waals surface area contributed by atoms with Crippen molar-refractivity contribution in [2.75, 3.05) is 12.3 Å². The summed E-state index contributed by atoms with van der Waals surface area (Å²) >= 11 is 0. The third-order valence-corrected chi connectivity index (χ3v) is 6.35. The van der Waals surface area contributed by atoms with Gasteiger partial charge in [0.2, 0.25) is 0 Å². The Hall–Kier alpha value is -4.33. The van der Waals surface area contributed by atoms with Crippen LogP contribution in [0.1, 0.15) is 86.1 Å². The summed E-state index contributed by atoms with van der Waals surface area (Å²) < 4.78 is 16.8. The fourth-order valence-corrected chi connectivity index (χ4v) is 4.12. The Kier molecular flexibility index (Phi) is 12.0. The molecule has 0 radical (unpaired) electrons. The zero-order valence-electron chi connectivity index (χ0n) is 25.0. The summed E-state index contributed by atoms with van der Waals surface area (Å²) in [5.74, 6) is -0.382. The molecule has 0 saturated heterocycles. The predicted octanol–water partition coefficient (Wildman–Crippen LogP) is 6.52. The number of carbonyl (C=O) groups is 3. The molecule has 3 aromatic rings. The van der Waals surface area contributed by atoms with Crippen LogP contribution in [0.3, 0.4) is 0 Å². The summed E-state index contributed by atoms with van der Waals surface area (Å²) in [6.07, 6.45) is 6.02. The highest BCUT2D eigenvalue weighted by Crippen LogP contribution is 2.19. The monoisotopic (exact) mass is 574 g/mol. The van der Waals surface area contributed by atoms with Gasteiger partial charge in [0.25, 0.3) is 5.91 Å². The molecule has 8 nitrogen and oxygen atoms in total. The van der Waals surface area contributed by atoms with E-state index in [1.807, 2.05) is 0 Å². The molecule has 1 atom stereocenters. The van der Waals surface area contributed by atoms with Gasteiger partial charge in [0.05, 0.1) is 12.2 Å². The highest BCUT2D eigenvalue weighted by molar-refractivity contribution is 5.97. The molecular formula is C34H42N2O6. The largest absolute Gasteiger partial charge is 0.494 e. The number of carbonyl (C=O) groups excluding carboxylic acids is 3. The lowest BCUT2D eigenvalue weighted by atomic mass is 10.0. The van der Waals surface area contributed by atoms with E-state index in [2.05, 4.69) is 12.2 Å². The van der Waals surface area contributed by atoms with Gasteiger partial charge in [0.15, 0.2) is 0 Å². The van der Waals surface area contributed by atoms with E-state index in [1.165, 1.54) is 19.3 Å². The maximum absolute atomic E-state index is 13.0. The summed E-state index contributed by atoms with van der Waals surface area (Å²) in [7, 11) is 0. The van der Waals surface area contributed by atoms with Crippen LogP contribution in [0.5, 0.6) is 11.5 Å². The van der Waals surface area contributed by atoms with Crippen molar-refractivity contribution in [1.82, 2.24) is 5.32 Å². The van der Waals surface area contributed by atoms with Crippen molar-refractivity contribution in [3.8, 4) is 11.5 Å². The summed E-state index contributed by atoms with van der Waals surface area (Å²) in [6.45, 7) is 8.14. The Morgan fingerprint density at radius 3 is 2.00 bits per heavy atom. The predicted molar refractivity (Wildman–Crippen MR) is 164 cm³/mol. The van der Waals surface area contributed by atoms with E-state index in [0.29, 0.717) is 29.2 Å². The summed E-state index contributed by atoms with van der Waals surface area (Å²) in [5, 5.41) is 2.77. The van der Waals surface area contributed by atoms with Gasteiger partial charge in [-0.1, -0.05) is 44.7 Å². The van der Waals surface area contributed by atoms with Crippen molar-refractivity contribution in [2.45, 2.75) is 77.9 Å². The third kappa shape index (κ3) is 10.9. The van der Waals surface area contributed by atoms with Gasteiger partial charge in [0.1, 0.15) is 23.1 Å². The fraction of sp³-hybridized carbons (Fsp3) is 0.382. The first kappa shape index (κ1) is 32.2. The van der Waals surface area contributed by atoms with Crippen LogP contribution in [0.4, 0.5) is 5.69 Å². The zero-order chi connectivity index (χ0) is 30.5. The van der Waals surface area contributed by atoms with Crippen LogP contribution in [0.2, 0.25) is 0 Å². The molecule has 8 heteroatoms. The number of esters is 2. The molecule has 0 saturated carbocycles. The molecule has 0 aliphatic heterocycles. The molecule has 0 fully saturated rings. The van der Waals surface area contributed by atoms with Crippen molar-refractivity contribution < 1.29 is 28.6 Å². The van der Waals surface area contributed by atoms with Crippen molar-refractivity contribution in [1.29, 1.82) is 0 Å². The van der Waals surface area contributed by atoms with Crippen LogP contribution in [0.15, 0.2) is 72.8 Å². The molecule has 0 spiro atoms. The van der Waals surface area contributed by atoms with Gasteiger partial charge in [-0.3, -0.25) is 4.79 Å². The summed E-state index contributed by atoms with van der Waals surface area (Å²) in [5.41, 5.74) is 7.06. The van der Waals surface area contributed by atoms with Crippen molar-refractivity contribution in [3.63, 3.8) is 0 Å². The minimum absolute atomic E-state index is 0.184. The summed E-state index contributed by atoms with van der Waals surface area (Å²) in [6, 6.07) is 19.2. The normalized spacial score (nSPS) is 11.8. The molecule has 0 bridgehead atoms. The first-order valence-corrected chi connectivity index (χ1v) is 14.5. The second kappa shape index (κ2) is 15.6. The zero-order valence-corrected chi connectivity index (χ0v) is 25.0. The number of unbranched alkanes of at least 4 members (excludes halogenated alkanes) is 4. The number of nitrogens with two attached hydrogens (primary N) is 1. The van der Waals surface area contributed by atoms with Crippen LogP contribution in [-0.4, -0.2) is 36.1 Å². The fourth-order valence-electron chi connectivity index (χ4n) is 4.12. The quantitative estimate of drug-likeness (QED) is 0.0974. The van der Waals surface area contributed by atoms with Gasteiger partial charge in [-0.05, 0) is 93.4 Å². The average Bonchev–Trinajstić information content (AvgIpc) is 2.95. The highest BCUT2D eigenvalue weighted by atomic mass is 16.6. The van der Waals surface area contributed by atoms with E-state index in [9.17, 15) is 14.4 Å². The molecule has 3 rings (SSSR count). The maximum atomic E-state index is 13.0. The minimum atomic E-state index is -0.931. The number of amides is 1. The molecule has 0 aromatic heterocycles. The maximum Gasteiger partial charge on any atom is 0.343 e. The number of hydrogen-bond acceptors (Lipinski definition) is 7. The number of anilines is 1. The lowest BCUT2D eigenvalue weighted by molar-refractivity contribution is -0.157. The van der Waals surface area contributed by atoms with Gasteiger partial charge >= 0.3 is 11.9 Å². The number of ether oxygens (including phenoxy) is 3. The Balaban J connectivity index is 1.58. The van der Waals surface area contributed by atoms with E-state index in [4.69, 9.17) is 19.9 Å². The van der Waals surface area contributed by atoms with E-state index in [1.54, 1.807) is 93.6 Å². The molecule has 0 aliphatic rings.